The van der Waals surface area contributed by atoms with Gasteiger partial charge in [-0.25, -0.2) is 17.6 Å². The van der Waals surface area contributed by atoms with Crippen molar-refractivity contribution >= 4 is 38.9 Å². The Labute approximate surface area is 196 Å². The highest BCUT2D eigenvalue weighted by Crippen LogP contribution is 2.43. The van der Waals surface area contributed by atoms with E-state index >= 15 is 0 Å². The minimum absolute atomic E-state index is 0.00255. The largest absolute Gasteiger partial charge is 0.476 e. The lowest BCUT2D eigenvalue weighted by molar-refractivity contribution is -0.134. The number of halogens is 2. The van der Waals surface area contributed by atoms with E-state index in [1.54, 1.807) is 24.5 Å². The number of carbonyl (C=O) groups is 1. The third-order valence-corrected chi connectivity index (χ3v) is 8.03. The number of benzene rings is 2. The fourth-order valence-corrected chi connectivity index (χ4v) is 6.13. The third kappa shape index (κ3) is 5.86. The maximum absolute atomic E-state index is 13.6. The number of carboxylic acid groups (broad SMARTS) is 1. The van der Waals surface area contributed by atoms with Gasteiger partial charge in [0, 0.05) is 18.3 Å². The predicted octanol–water partition coefficient (Wildman–Crippen LogP) is 5.55. The first-order valence-corrected chi connectivity index (χ1v) is 13.3. The molecule has 3 rings (SSSR count). The summed E-state index contributed by atoms with van der Waals surface area (Å²) >= 11 is 1.24. The van der Waals surface area contributed by atoms with Crippen LogP contribution in [0.3, 0.4) is 0 Å². The van der Waals surface area contributed by atoms with Crippen molar-refractivity contribution in [2.75, 3.05) is 23.5 Å². The quantitative estimate of drug-likeness (QED) is 0.291. The molecule has 10 heteroatoms. The van der Waals surface area contributed by atoms with Crippen LogP contribution in [0.2, 0.25) is 0 Å². The van der Waals surface area contributed by atoms with Gasteiger partial charge in [0.15, 0.2) is 9.84 Å². The van der Waals surface area contributed by atoms with E-state index in [1.807, 2.05) is 11.8 Å². The molecule has 178 valence electrons. The molecule has 2 aromatic rings. The molecule has 0 saturated heterocycles. The summed E-state index contributed by atoms with van der Waals surface area (Å²) in [6.07, 6.45) is 4.69. The van der Waals surface area contributed by atoms with Crippen LogP contribution in [0.4, 0.5) is 20.2 Å². The van der Waals surface area contributed by atoms with Crippen molar-refractivity contribution in [3.05, 3.63) is 54.3 Å². The number of carboxylic acids is 1. The second-order valence-electron chi connectivity index (χ2n) is 7.74. The molecule has 1 N–H and O–H groups in total. The molecule has 1 heterocycles. The van der Waals surface area contributed by atoms with E-state index in [0.717, 1.165) is 12.8 Å². The van der Waals surface area contributed by atoms with Gasteiger partial charge >= 0.3 is 5.97 Å². The van der Waals surface area contributed by atoms with Gasteiger partial charge < -0.3 is 14.7 Å². The van der Waals surface area contributed by atoms with Gasteiger partial charge in [-0.15, -0.1) is 11.8 Å². The average molecular weight is 498 g/mol. The molecule has 0 radical (unpaired) electrons. The van der Waals surface area contributed by atoms with E-state index in [2.05, 4.69) is 0 Å². The number of sulfone groups is 1. The zero-order valence-electron chi connectivity index (χ0n) is 18.3. The predicted molar refractivity (Wildman–Crippen MR) is 124 cm³/mol. The van der Waals surface area contributed by atoms with Crippen molar-refractivity contribution in [1.82, 2.24) is 0 Å². The van der Waals surface area contributed by atoms with Crippen LogP contribution in [0.15, 0.2) is 58.3 Å². The fourth-order valence-electron chi connectivity index (χ4n) is 3.75. The molecular weight excluding hydrogens is 472 g/mol. The Balaban J connectivity index is 2.17. The van der Waals surface area contributed by atoms with Crippen molar-refractivity contribution < 1.29 is 31.8 Å². The summed E-state index contributed by atoms with van der Waals surface area (Å²) in [4.78, 5) is 13.1. The lowest BCUT2D eigenvalue weighted by Gasteiger charge is -2.28. The maximum atomic E-state index is 13.6. The monoisotopic (exact) mass is 497 g/mol. The van der Waals surface area contributed by atoms with Crippen LogP contribution in [-0.2, 0) is 14.6 Å². The Morgan fingerprint density at radius 1 is 1.30 bits per heavy atom. The van der Waals surface area contributed by atoms with Gasteiger partial charge in [0.25, 0.3) is 0 Å². The first-order valence-electron chi connectivity index (χ1n) is 10.4. The highest BCUT2D eigenvalue weighted by molar-refractivity contribution is 7.98. The molecule has 0 amide bonds. The molecule has 0 aliphatic carbocycles. The van der Waals surface area contributed by atoms with Crippen molar-refractivity contribution in [2.45, 2.75) is 36.0 Å². The zero-order chi connectivity index (χ0) is 24.2. The van der Waals surface area contributed by atoms with Crippen LogP contribution in [0, 0.1) is 11.7 Å². The van der Waals surface area contributed by atoms with Crippen LogP contribution in [0.5, 0.6) is 5.75 Å². The van der Waals surface area contributed by atoms with Gasteiger partial charge in [0.2, 0.25) is 5.83 Å². The third-order valence-electron chi connectivity index (χ3n) is 5.36. The summed E-state index contributed by atoms with van der Waals surface area (Å²) in [6.45, 7) is 2.47. The Morgan fingerprint density at radius 3 is 2.61 bits per heavy atom. The highest BCUT2D eigenvalue weighted by Gasteiger charge is 2.33. The van der Waals surface area contributed by atoms with E-state index < -0.39 is 27.5 Å². The number of fused-ring (bicyclic) bond motifs is 1. The van der Waals surface area contributed by atoms with Gasteiger partial charge in [-0.1, -0.05) is 19.8 Å². The van der Waals surface area contributed by atoms with Gasteiger partial charge in [-0.2, -0.15) is 4.39 Å². The standard InChI is InChI=1S/C23H25F2NO5S2/c1-3-4-5-15-12-26(17-8-6-16(24)7-9-17)19-10-21(32-2)20(31-13-18(25)23(27)28)11-22(19)33(29,30)14-15/h6-11,13,15H,3-5,12,14H2,1-2H3,(H,27,28)/b18-13-. The average Bonchev–Trinajstić information content (AvgIpc) is 2.89. The Morgan fingerprint density at radius 2 is 2.00 bits per heavy atom. The van der Waals surface area contributed by atoms with E-state index in [9.17, 15) is 22.0 Å². The first-order chi connectivity index (χ1) is 15.7. The summed E-state index contributed by atoms with van der Waals surface area (Å²) in [6, 6.07) is 8.78. The molecule has 0 spiro atoms. The molecule has 6 nitrogen and oxygen atoms in total. The number of hydrogen-bond donors (Lipinski definition) is 1. The summed E-state index contributed by atoms with van der Waals surface area (Å²) in [5.41, 5.74) is 1.06. The summed E-state index contributed by atoms with van der Waals surface area (Å²) < 4.78 is 59.0. The van der Waals surface area contributed by atoms with Crippen LogP contribution in [0.1, 0.15) is 26.2 Å². The van der Waals surface area contributed by atoms with Crippen LogP contribution >= 0.6 is 11.8 Å². The number of aliphatic carboxylic acids is 1. The van der Waals surface area contributed by atoms with Crippen LogP contribution in [0.25, 0.3) is 0 Å². The molecule has 33 heavy (non-hydrogen) atoms. The normalized spacial score (nSPS) is 17.9. The number of nitrogens with zero attached hydrogens (tertiary/aromatic N) is 1. The van der Waals surface area contributed by atoms with E-state index in [-0.39, 0.29) is 22.3 Å². The van der Waals surface area contributed by atoms with Gasteiger partial charge in [-0.3, -0.25) is 0 Å². The molecule has 1 atom stereocenters. The van der Waals surface area contributed by atoms with Crippen molar-refractivity contribution in [1.29, 1.82) is 0 Å². The minimum Gasteiger partial charge on any atom is -0.476 e. The smallest absolute Gasteiger partial charge is 0.368 e. The molecule has 1 aliphatic heterocycles. The zero-order valence-corrected chi connectivity index (χ0v) is 19.9. The van der Waals surface area contributed by atoms with E-state index in [0.29, 0.717) is 35.5 Å². The molecule has 0 saturated carbocycles. The van der Waals surface area contributed by atoms with Crippen LogP contribution in [-0.4, -0.2) is 38.0 Å². The van der Waals surface area contributed by atoms with E-state index in [1.165, 1.54) is 30.0 Å². The lowest BCUT2D eigenvalue weighted by atomic mass is 10.0. The number of unbranched alkanes of at least 4 members (excludes halogenated alkanes) is 1. The number of rotatable bonds is 8. The first kappa shape index (κ1) is 25.0. The number of ether oxygens (including phenoxy) is 1. The molecule has 0 fully saturated rings. The Bertz CT molecular complexity index is 1150. The summed E-state index contributed by atoms with van der Waals surface area (Å²) in [5, 5.41) is 8.72. The Kier molecular flexibility index (Phi) is 8.01. The minimum atomic E-state index is -3.75. The fraction of sp³-hybridized carbons (Fsp3) is 0.348. The molecule has 1 unspecified atom stereocenters. The van der Waals surface area contributed by atoms with E-state index in [4.69, 9.17) is 9.84 Å². The molecule has 0 bridgehead atoms. The molecule has 2 aromatic carbocycles. The second-order valence-corrected chi connectivity index (χ2v) is 10.6. The second kappa shape index (κ2) is 10.6. The SMILES string of the molecule is CCCCC1CN(c2ccc(F)cc2)c2cc(SC)c(O/C=C(\F)C(=O)O)cc2S(=O)(=O)C1. The van der Waals surface area contributed by atoms with Gasteiger partial charge in [0.1, 0.15) is 17.8 Å². The topological polar surface area (TPSA) is 83.9 Å². The number of hydrogen-bond acceptors (Lipinski definition) is 6. The van der Waals surface area contributed by atoms with Crippen LogP contribution < -0.4 is 9.64 Å². The molecular formula is C23H25F2NO5S2. The van der Waals surface area contributed by atoms with Gasteiger partial charge in [0.05, 0.1) is 21.2 Å². The lowest BCUT2D eigenvalue weighted by Crippen LogP contribution is -2.26. The highest BCUT2D eigenvalue weighted by atomic mass is 32.2. The number of thioether (sulfide) groups is 1. The van der Waals surface area contributed by atoms with Crippen molar-refractivity contribution in [3.63, 3.8) is 0 Å². The number of anilines is 2. The summed E-state index contributed by atoms with van der Waals surface area (Å²) in [7, 11) is -3.75. The van der Waals surface area contributed by atoms with Crippen molar-refractivity contribution in [2.24, 2.45) is 5.92 Å². The maximum Gasteiger partial charge on any atom is 0.368 e. The van der Waals surface area contributed by atoms with Crippen molar-refractivity contribution in [3.8, 4) is 5.75 Å². The summed E-state index contributed by atoms with van der Waals surface area (Å²) in [5.74, 6) is -3.89. The molecule has 1 aliphatic rings. The van der Waals surface area contributed by atoms with Gasteiger partial charge in [-0.05, 0) is 48.9 Å². The molecule has 0 aromatic heterocycles. The Hall–Kier alpha value is -2.59.